The fourth-order valence-corrected chi connectivity index (χ4v) is 4.58. The number of hydrogen-bond donors (Lipinski definition) is 1. The van der Waals surface area contributed by atoms with Gasteiger partial charge in [-0.1, -0.05) is 30.1 Å². The molecule has 1 rings (SSSR count). The Labute approximate surface area is 118 Å². The van der Waals surface area contributed by atoms with E-state index in [2.05, 4.69) is 0 Å². The lowest BCUT2D eigenvalue weighted by molar-refractivity contribution is 0.369. The van der Waals surface area contributed by atoms with Crippen LogP contribution in [0.25, 0.3) is 0 Å². The second-order valence-corrected chi connectivity index (χ2v) is 6.76. The Morgan fingerprint density at radius 2 is 1.72 bits per heavy atom. The zero-order valence-corrected chi connectivity index (χ0v) is 12.8. The molecular formula is C11H16Cl2N2O2S. The van der Waals surface area contributed by atoms with Gasteiger partial charge in [0.2, 0.25) is 10.0 Å². The van der Waals surface area contributed by atoms with Crippen molar-refractivity contribution < 1.29 is 8.42 Å². The van der Waals surface area contributed by atoms with E-state index in [4.69, 9.17) is 28.9 Å². The standard InChI is InChI=1S/C11H16Cl2N2O2S/c1-4-15(7(2)3)18(16,17)11-9(12)5-8(14)6-10(11)13/h5-7H,4,14H2,1-3H3. The lowest BCUT2D eigenvalue weighted by atomic mass is 10.3. The van der Waals surface area contributed by atoms with Gasteiger partial charge in [0, 0.05) is 18.3 Å². The van der Waals surface area contributed by atoms with Gasteiger partial charge in [-0.3, -0.25) is 0 Å². The molecule has 0 amide bonds. The topological polar surface area (TPSA) is 63.4 Å². The average Bonchev–Trinajstić information content (AvgIpc) is 2.14. The van der Waals surface area contributed by atoms with Crippen LogP contribution in [0.5, 0.6) is 0 Å². The van der Waals surface area contributed by atoms with E-state index in [0.717, 1.165) is 0 Å². The summed E-state index contributed by atoms with van der Waals surface area (Å²) in [4.78, 5) is -0.0874. The molecule has 0 aromatic heterocycles. The second kappa shape index (κ2) is 5.65. The van der Waals surface area contributed by atoms with E-state index in [9.17, 15) is 8.42 Å². The molecule has 4 nitrogen and oxygen atoms in total. The predicted octanol–water partition coefficient (Wildman–Crippen LogP) is 2.99. The molecule has 0 saturated heterocycles. The van der Waals surface area contributed by atoms with Crippen LogP contribution in [-0.4, -0.2) is 25.3 Å². The van der Waals surface area contributed by atoms with Gasteiger partial charge in [-0.15, -0.1) is 0 Å². The maximum absolute atomic E-state index is 12.5. The number of anilines is 1. The molecule has 18 heavy (non-hydrogen) atoms. The molecule has 2 N–H and O–H groups in total. The van der Waals surface area contributed by atoms with Crippen LogP contribution in [0, 0.1) is 0 Å². The van der Waals surface area contributed by atoms with Crippen LogP contribution in [0.4, 0.5) is 5.69 Å². The van der Waals surface area contributed by atoms with E-state index in [-0.39, 0.29) is 21.0 Å². The predicted molar refractivity (Wildman–Crippen MR) is 75.6 cm³/mol. The van der Waals surface area contributed by atoms with E-state index in [1.165, 1.54) is 16.4 Å². The molecule has 1 aromatic rings. The highest BCUT2D eigenvalue weighted by Gasteiger charge is 2.30. The Balaban J connectivity index is 3.46. The van der Waals surface area contributed by atoms with E-state index < -0.39 is 10.0 Å². The quantitative estimate of drug-likeness (QED) is 0.869. The summed E-state index contributed by atoms with van der Waals surface area (Å²) in [7, 11) is -3.71. The van der Waals surface area contributed by atoms with E-state index in [1.54, 1.807) is 20.8 Å². The van der Waals surface area contributed by atoms with Gasteiger partial charge in [-0.25, -0.2) is 8.42 Å². The Hall–Kier alpha value is -0.490. The van der Waals surface area contributed by atoms with Gasteiger partial charge in [-0.05, 0) is 26.0 Å². The number of hydrogen-bond acceptors (Lipinski definition) is 3. The SMILES string of the molecule is CCN(C(C)C)S(=O)(=O)c1c(Cl)cc(N)cc1Cl. The molecule has 0 spiro atoms. The molecule has 0 bridgehead atoms. The first-order chi connectivity index (χ1) is 8.21. The summed E-state index contributed by atoms with van der Waals surface area (Å²) in [6.45, 7) is 5.69. The largest absolute Gasteiger partial charge is 0.399 e. The van der Waals surface area contributed by atoms with Crippen molar-refractivity contribution in [2.24, 2.45) is 0 Å². The van der Waals surface area contributed by atoms with Crippen molar-refractivity contribution in [2.45, 2.75) is 31.7 Å². The molecule has 0 heterocycles. The van der Waals surface area contributed by atoms with Gasteiger partial charge in [0.1, 0.15) is 4.90 Å². The Morgan fingerprint density at radius 1 is 1.28 bits per heavy atom. The minimum Gasteiger partial charge on any atom is -0.399 e. The number of nitrogens with two attached hydrogens (primary N) is 1. The molecule has 0 atom stereocenters. The maximum Gasteiger partial charge on any atom is 0.246 e. The van der Waals surface area contributed by atoms with Crippen LogP contribution in [0.1, 0.15) is 20.8 Å². The first-order valence-electron chi connectivity index (χ1n) is 5.48. The molecule has 102 valence electrons. The zero-order chi connectivity index (χ0) is 14.1. The van der Waals surface area contributed by atoms with Gasteiger partial charge >= 0.3 is 0 Å². The minimum absolute atomic E-state index is 0.0408. The fourth-order valence-electron chi connectivity index (χ4n) is 1.76. The van der Waals surface area contributed by atoms with Crippen LogP contribution in [0.3, 0.4) is 0 Å². The Bertz CT molecular complexity index is 521. The third-order valence-corrected chi connectivity index (χ3v) is 5.55. The highest BCUT2D eigenvalue weighted by atomic mass is 35.5. The van der Waals surface area contributed by atoms with Crippen LogP contribution in [-0.2, 0) is 10.0 Å². The number of halogens is 2. The monoisotopic (exact) mass is 310 g/mol. The van der Waals surface area contributed by atoms with E-state index in [1.807, 2.05) is 0 Å². The van der Waals surface area contributed by atoms with Gasteiger partial charge < -0.3 is 5.73 Å². The molecule has 0 aliphatic rings. The van der Waals surface area contributed by atoms with Gasteiger partial charge in [0.25, 0.3) is 0 Å². The second-order valence-electron chi connectivity index (χ2n) is 4.12. The maximum atomic E-state index is 12.5. The van der Waals surface area contributed by atoms with Crippen LogP contribution in [0.15, 0.2) is 17.0 Å². The molecule has 1 aromatic carbocycles. The van der Waals surface area contributed by atoms with Crippen molar-refractivity contribution in [2.75, 3.05) is 12.3 Å². The molecular weight excluding hydrogens is 295 g/mol. The third-order valence-electron chi connectivity index (χ3n) is 2.47. The summed E-state index contributed by atoms with van der Waals surface area (Å²) in [5.41, 5.74) is 5.89. The summed E-state index contributed by atoms with van der Waals surface area (Å²) in [5.74, 6) is 0. The summed E-state index contributed by atoms with van der Waals surface area (Å²) < 4.78 is 26.3. The smallest absolute Gasteiger partial charge is 0.246 e. The van der Waals surface area contributed by atoms with Crippen LogP contribution < -0.4 is 5.73 Å². The highest BCUT2D eigenvalue weighted by Crippen LogP contribution is 2.34. The van der Waals surface area contributed by atoms with Gasteiger partial charge in [0.15, 0.2) is 0 Å². The van der Waals surface area contributed by atoms with Crippen molar-refractivity contribution >= 4 is 38.9 Å². The fraction of sp³-hybridized carbons (Fsp3) is 0.455. The highest BCUT2D eigenvalue weighted by molar-refractivity contribution is 7.89. The van der Waals surface area contributed by atoms with Gasteiger partial charge in [-0.2, -0.15) is 4.31 Å². The lowest BCUT2D eigenvalue weighted by Crippen LogP contribution is -2.37. The summed E-state index contributed by atoms with van der Waals surface area (Å²) in [6, 6.07) is 2.59. The zero-order valence-electron chi connectivity index (χ0n) is 10.4. The molecule has 0 aliphatic carbocycles. The minimum atomic E-state index is -3.71. The summed E-state index contributed by atoms with van der Waals surface area (Å²) >= 11 is 11.9. The summed E-state index contributed by atoms with van der Waals surface area (Å²) in [6.07, 6.45) is 0. The Morgan fingerprint density at radius 3 is 2.06 bits per heavy atom. The number of benzene rings is 1. The molecule has 0 saturated carbocycles. The average molecular weight is 311 g/mol. The van der Waals surface area contributed by atoms with Crippen LogP contribution in [0.2, 0.25) is 10.0 Å². The molecule has 0 aliphatic heterocycles. The number of nitrogens with zero attached hydrogens (tertiary/aromatic N) is 1. The third kappa shape index (κ3) is 2.91. The van der Waals surface area contributed by atoms with Gasteiger partial charge in [0.05, 0.1) is 10.0 Å². The molecule has 0 radical (unpaired) electrons. The molecule has 7 heteroatoms. The normalized spacial score (nSPS) is 12.4. The van der Waals surface area contributed by atoms with E-state index in [0.29, 0.717) is 12.2 Å². The van der Waals surface area contributed by atoms with Crippen molar-refractivity contribution in [1.29, 1.82) is 0 Å². The molecule has 0 fully saturated rings. The first kappa shape index (κ1) is 15.6. The van der Waals surface area contributed by atoms with Crippen molar-refractivity contribution in [3.8, 4) is 0 Å². The molecule has 0 unspecified atom stereocenters. The number of nitrogen functional groups attached to an aromatic ring is 1. The lowest BCUT2D eigenvalue weighted by Gasteiger charge is -2.25. The number of sulfonamides is 1. The number of rotatable bonds is 4. The first-order valence-corrected chi connectivity index (χ1v) is 7.67. The van der Waals surface area contributed by atoms with Crippen molar-refractivity contribution in [3.63, 3.8) is 0 Å². The van der Waals surface area contributed by atoms with Crippen molar-refractivity contribution in [1.82, 2.24) is 4.31 Å². The van der Waals surface area contributed by atoms with Crippen molar-refractivity contribution in [3.05, 3.63) is 22.2 Å². The summed E-state index contributed by atoms with van der Waals surface area (Å²) in [5, 5.41) is 0.0817. The Kier molecular flexibility index (Phi) is 4.89. The van der Waals surface area contributed by atoms with E-state index >= 15 is 0 Å². The van der Waals surface area contributed by atoms with Crippen LogP contribution >= 0.6 is 23.2 Å².